The lowest BCUT2D eigenvalue weighted by molar-refractivity contribution is 0.289. The second-order valence-corrected chi connectivity index (χ2v) is 9.10. The SMILES string of the molecule is C=CCn1c(COc2ccc(Cl)cc2)nnc1SCc1csc(-c2ccccc2Cl)n1. The zero-order chi connectivity index (χ0) is 21.6. The van der Waals surface area contributed by atoms with Gasteiger partial charge in [-0.25, -0.2) is 4.98 Å². The monoisotopic (exact) mass is 488 g/mol. The van der Waals surface area contributed by atoms with E-state index in [0.29, 0.717) is 28.9 Å². The molecule has 0 aliphatic rings. The first-order valence-corrected chi connectivity index (χ1v) is 12.0. The minimum absolute atomic E-state index is 0.302. The van der Waals surface area contributed by atoms with E-state index >= 15 is 0 Å². The molecule has 0 spiro atoms. The number of hydrogen-bond acceptors (Lipinski definition) is 6. The fraction of sp³-hybridized carbons (Fsp3) is 0.136. The zero-order valence-corrected chi connectivity index (χ0v) is 19.5. The topological polar surface area (TPSA) is 52.8 Å². The standard InChI is InChI=1S/C22H18Cl2N4OS2/c1-2-11-28-20(12-29-17-9-7-15(23)8-10-17)26-27-22(28)31-14-16-13-30-21(25-16)18-5-3-4-6-19(18)24/h2-10,13H,1,11-12,14H2. The normalized spacial score (nSPS) is 10.9. The van der Waals surface area contributed by atoms with Crippen LogP contribution >= 0.6 is 46.3 Å². The van der Waals surface area contributed by atoms with Crippen LogP contribution in [-0.2, 0) is 18.9 Å². The van der Waals surface area contributed by atoms with E-state index in [1.54, 1.807) is 35.2 Å². The molecule has 0 amide bonds. The number of halogens is 2. The Morgan fingerprint density at radius 1 is 1.10 bits per heavy atom. The summed E-state index contributed by atoms with van der Waals surface area (Å²) in [7, 11) is 0. The third-order valence-corrected chi connectivity index (χ3v) is 6.80. The Morgan fingerprint density at radius 3 is 2.68 bits per heavy atom. The van der Waals surface area contributed by atoms with Gasteiger partial charge in [0.05, 0.1) is 10.7 Å². The van der Waals surface area contributed by atoms with Gasteiger partial charge in [-0.05, 0) is 30.3 Å². The van der Waals surface area contributed by atoms with Gasteiger partial charge in [0.1, 0.15) is 17.4 Å². The Hall–Kier alpha value is -2.32. The highest BCUT2D eigenvalue weighted by Crippen LogP contribution is 2.32. The molecule has 2 aromatic heterocycles. The number of thioether (sulfide) groups is 1. The lowest BCUT2D eigenvalue weighted by Gasteiger charge is -2.09. The fourth-order valence-electron chi connectivity index (χ4n) is 2.79. The first-order valence-electron chi connectivity index (χ1n) is 9.37. The maximum atomic E-state index is 6.29. The lowest BCUT2D eigenvalue weighted by Crippen LogP contribution is -2.07. The van der Waals surface area contributed by atoms with Crippen molar-refractivity contribution in [2.75, 3.05) is 0 Å². The van der Waals surface area contributed by atoms with Crippen LogP contribution in [-0.4, -0.2) is 19.7 Å². The molecular weight excluding hydrogens is 471 g/mol. The summed E-state index contributed by atoms with van der Waals surface area (Å²) in [5.74, 6) is 2.13. The first kappa shape index (κ1) is 21.9. The van der Waals surface area contributed by atoms with Gasteiger partial charge in [-0.2, -0.15) is 0 Å². The van der Waals surface area contributed by atoms with Crippen LogP contribution in [0.25, 0.3) is 10.6 Å². The van der Waals surface area contributed by atoms with Gasteiger partial charge in [0.25, 0.3) is 0 Å². The maximum Gasteiger partial charge on any atom is 0.191 e. The highest BCUT2D eigenvalue weighted by Gasteiger charge is 2.14. The van der Waals surface area contributed by atoms with Crippen LogP contribution in [0.4, 0.5) is 0 Å². The largest absolute Gasteiger partial charge is 0.486 e. The highest BCUT2D eigenvalue weighted by molar-refractivity contribution is 7.98. The second-order valence-electron chi connectivity index (χ2n) is 6.45. The van der Waals surface area contributed by atoms with E-state index in [1.807, 2.05) is 52.4 Å². The van der Waals surface area contributed by atoms with Gasteiger partial charge in [0.2, 0.25) is 0 Å². The summed E-state index contributed by atoms with van der Waals surface area (Å²) >= 11 is 15.4. The van der Waals surface area contributed by atoms with Gasteiger partial charge >= 0.3 is 0 Å². The fourth-order valence-corrected chi connectivity index (χ4v) is 5.02. The van der Waals surface area contributed by atoms with Crippen molar-refractivity contribution in [1.82, 2.24) is 19.7 Å². The van der Waals surface area contributed by atoms with Crippen molar-refractivity contribution in [3.8, 4) is 16.3 Å². The number of aromatic nitrogens is 4. The number of hydrogen-bond donors (Lipinski definition) is 0. The molecule has 0 radical (unpaired) electrons. The summed E-state index contributed by atoms with van der Waals surface area (Å²) in [6.45, 7) is 4.74. The van der Waals surface area contributed by atoms with Gasteiger partial charge in [0.15, 0.2) is 11.0 Å². The summed E-state index contributed by atoms with van der Waals surface area (Å²) in [4.78, 5) is 4.72. The minimum Gasteiger partial charge on any atom is -0.486 e. The molecule has 0 aliphatic heterocycles. The number of nitrogens with zero attached hydrogens (tertiary/aromatic N) is 4. The Morgan fingerprint density at radius 2 is 1.90 bits per heavy atom. The molecule has 0 saturated heterocycles. The predicted molar refractivity (Wildman–Crippen MR) is 128 cm³/mol. The number of thiazole rings is 1. The maximum absolute atomic E-state index is 6.29. The van der Waals surface area contributed by atoms with Crippen molar-refractivity contribution < 1.29 is 4.74 Å². The molecule has 4 aromatic rings. The van der Waals surface area contributed by atoms with E-state index in [4.69, 9.17) is 32.9 Å². The molecule has 0 saturated carbocycles. The Labute approximate surface area is 198 Å². The minimum atomic E-state index is 0.302. The predicted octanol–water partition coefficient (Wildman–Crippen LogP) is 6.77. The molecule has 2 heterocycles. The average Bonchev–Trinajstić information content (AvgIpc) is 3.40. The van der Waals surface area contributed by atoms with Crippen LogP contribution in [0.15, 0.2) is 71.7 Å². The van der Waals surface area contributed by atoms with Gasteiger partial charge in [-0.1, -0.05) is 59.2 Å². The molecule has 0 unspecified atom stereocenters. The molecule has 9 heteroatoms. The van der Waals surface area contributed by atoms with Crippen LogP contribution in [0.5, 0.6) is 5.75 Å². The highest BCUT2D eigenvalue weighted by atomic mass is 35.5. The third-order valence-electron chi connectivity index (χ3n) is 4.29. The number of rotatable bonds is 9. The molecule has 0 atom stereocenters. The van der Waals surface area contributed by atoms with E-state index in [0.717, 1.165) is 33.0 Å². The Bertz CT molecular complexity index is 1170. The average molecular weight is 489 g/mol. The van der Waals surface area contributed by atoms with Gasteiger partial charge in [0, 0.05) is 28.3 Å². The number of ether oxygens (including phenoxy) is 1. The van der Waals surface area contributed by atoms with E-state index < -0.39 is 0 Å². The molecule has 31 heavy (non-hydrogen) atoms. The first-order chi connectivity index (χ1) is 15.1. The van der Waals surface area contributed by atoms with Crippen LogP contribution in [0.2, 0.25) is 10.0 Å². The summed E-state index contributed by atoms with van der Waals surface area (Å²) in [6, 6.07) is 15.0. The van der Waals surface area contributed by atoms with Crippen LogP contribution in [0.3, 0.4) is 0 Å². The smallest absolute Gasteiger partial charge is 0.191 e. The van der Waals surface area contributed by atoms with Crippen molar-refractivity contribution in [2.24, 2.45) is 0 Å². The van der Waals surface area contributed by atoms with Crippen LogP contribution < -0.4 is 4.74 Å². The van der Waals surface area contributed by atoms with E-state index in [2.05, 4.69) is 16.8 Å². The molecule has 0 N–H and O–H groups in total. The molecule has 4 rings (SSSR count). The molecular formula is C22H18Cl2N4OS2. The number of benzene rings is 2. The van der Waals surface area contributed by atoms with Crippen molar-refractivity contribution in [2.45, 2.75) is 24.1 Å². The second kappa shape index (κ2) is 10.3. The molecule has 158 valence electrons. The van der Waals surface area contributed by atoms with Crippen molar-refractivity contribution in [3.63, 3.8) is 0 Å². The molecule has 5 nitrogen and oxygen atoms in total. The lowest BCUT2D eigenvalue weighted by atomic mass is 10.2. The molecule has 0 aliphatic carbocycles. The van der Waals surface area contributed by atoms with Crippen LogP contribution in [0.1, 0.15) is 11.5 Å². The van der Waals surface area contributed by atoms with Crippen molar-refractivity contribution >= 4 is 46.3 Å². The van der Waals surface area contributed by atoms with Gasteiger partial charge < -0.3 is 4.74 Å². The zero-order valence-electron chi connectivity index (χ0n) is 16.4. The van der Waals surface area contributed by atoms with Gasteiger partial charge in [-0.3, -0.25) is 4.57 Å². The third kappa shape index (κ3) is 5.49. The van der Waals surface area contributed by atoms with E-state index in [9.17, 15) is 0 Å². The summed E-state index contributed by atoms with van der Waals surface area (Å²) in [5.41, 5.74) is 1.92. The molecule has 0 fully saturated rings. The van der Waals surface area contributed by atoms with E-state index in [-0.39, 0.29) is 0 Å². The summed E-state index contributed by atoms with van der Waals surface area (Å²) in [6.07, 6.45) is 1.82. The van der Waals surface area contributed by atoms with Gasteiger partial charge in [-0.15, -0.1) is 28.1 Å². The van der Waals surface area contributed by atoms with Crippen molar-refractivity contribution in [1.29, 1.82) is 0 Å². The van der Waals surface area contributed by atoms with Crippen molar-refractivity contribution in [3.05, 3.63) is 88.1 Å². The van der Waals surface area contributed by atoms with Crippen LogP contribution in [0, 0.1) is 0 Å². The van der Waals surface area contributed by atoms with E-state index in [1.165, 1.54) is 0 Å². The molecule has 0 bridgehead atoms. The Kier molecular flexibility index (Phi) is 7.29. The number of allylic oxidation sites excluding steroid dienone is 1. The molecule has 2 aromatic carbocycles. The Balaban J connectivity index is 1.43. The summed E-state index contributed by atoms with van der Waals surface area (Å²) in [5, 5.41) is 13.8. The quantitative estimate of drug-likeness (QED) is 0.192. The summed E-state index contributed by atoms with van der Waals surface area (Å²) < 4.78 is 7.82.